The number of rotatable bonds is 9. The minimum atomic E-state index is 0.291. The lowest BCUT2D eigenvalue weighted by Crippen LogP contribution is -2.34. The van der Waals surface area contributed by atoms with Crippen LogP contribution in [0.25, 0.3) is 5.69 Å². The zero-order valence-corrected chi connectivity index (χ0v) is 19.4. The van der Waals surface area contributed by atoms with E-state index >= 15 is 0 Å². The summed E-state index contributed by atoms with van der Waals surface area (Å²) >= 11 is 0. The number of benzene rings is 1. The second-order valence-corrected chi connectivity index (χ2v) is 9.30. The van der Waals surface area contributed by atoms with Crippen molar-refractivity contribution in [2.75, 3.05) is 31.7 Å². The van der Waals surface area contributed by atoms with Crippen molar-refractivity contribution >= 4 is 6.01 Å². The summed E-state index contributed by atoms with van der Waals surface area (Å²) in [6, 6.07) is 6.41. The van der Waals surface area contributed by atoms with Gasteiger partial charge < -0.3 is 18.9 Å². The van der Waals surface area contributed by atoms with Gasteiger partial charge in [0.1, 0.15) is 23.5 Å². The minimum absolute atomic E-state index is 0.291. The first-order valence-electron chi connectivity index (χ1n) is 11.7. The highest BCUT2D eigenvalue weighted by Gasteiger charge is 2.43. The molecular formula is C23H31N7O3. The fourth-order valence-electron chi connectivity index (χ4n) is 4.83. The number of hydrogen-bond donors (Lipinski definition) is 0. The van der Waals surface area contributed by atoms with E-state index < -0.39 is 0 Å². The third-order valence-electron chi connectivity index (χ3n) is 6.84. The van der Waals surface area contributed by atoms with Gasteiger partial charge in [0.05, 0.1) is 13.7 Å². The van der Waals surface area contributed by atoms with E-state index in [0.717, 1.165) is 54.5 Å². The van der Waals surface area contributed by atoms with Crippen LogP contribution in [0, 0.1) is 17.8 Å². The molecule has 0 amide bonds. The lowest BCUT2D eigenvalue weighted by Gasteiger charge is -2.30. The SMILES string of the molecule is COc1cc(OCCC2CC2C2CCN(c3nc(C(C)C)no3)CC2)ccc1-n1cnnn1. The summed E-state index contributed by atoms with van der Waals surface area (Å²) in [6.45, 7) is 6.88. The highest BCUT2D eigenvalue weighted by molar-refractivity contribution is 5.50. The number of piperidine rings is 1. The Labute approximate surface area is 193 Å². The van der Waals surface area contributed by atoms with Crippen molar-refractivity contribution < 1.29 is 14.0 Å². The van der Waals surface area contributed by atoms with Crippen LogP contribution in [0.1, 0.15) is 51.3 Å². The molecule has 1 aliphatic carbocycles. The van der Waals surface area contributed by atoms with Gasteiger partial charge in [-0.25, -0.2) is 0 Å². The maximum absolute atomic E-state index is 6.03. The molecule has 0 N–H and O–H groups in total. The molecule has 10 heteroatoms. The summed E-state index contributed by atoms with van der Waals surface area (Å²) in [5, 5.41) is 15.4. The van der Waals surface area contributed by atoms with Gasteiger partial charge in [-0.1, -0.05) is 19.0 Å². The first kappa shape index (κ1) is 21.7. The van der Waals surface area contributed by atoms with Crippen LogP contribution in [0.2, 0.25) is 0 Å². The van der Waals surface area contributed by atoms with Crippen molar-refractivity contribution in [2.45, 2.75) is 45.4 Å². The van der Waals surface area contributed by atoms with Crippen LogP contribution in [0.3, 0.4) is 0 Å². The standard InChI is InChI=1S/C23H31N7O3/c1-15(2)22-25-23(33-26-22)29-9-6-16(7-10-29)19-12-17(19)8-11-32-18-4-5-20(21(13-18)31-3)30-14-24-27-28-30/h4-5,13-17,19H,6-12H2,1-3H3. The Morgan fingerprint density at radius 2 is 2.06 bits per heavy atom. The molecule has 2 aliphatic rings. The number of aromatic nitrogens is 6. The van der Waals surface area contributed by atoms with E-state index in [1.165, 1.54) is 19.3 Å². The fourth-order valence-corrected chi connectivity index (χ4v) is 4.83. The number of tetrazole rings is 1. The van der Waals surface area contributed by atoms with Crippen LogP contribution in [0.4, 0.5) is 6.01 Å². The number of nitrogens with zero attached hydrogens (tertiary/aromatic N) is 7. The van der Waals surface area contributed by atoms with Gasteiger partial charge in [-0.05, 0) is 66.0 Å². The summed E-state index contributed by atoms with van der Waals surface area (Å²) in [4.78, 5) is 6.79. The monoisotopic (exact) mass is 453 g/mol. The molecule has 2 fully saturated rings. The first-order chi connectivity index (χ1) is 16.1. The van der Waals surface area contributed by atoms with E-state index in [9.17, 15) is 0 Å². The van der Waals surface area contributed by atoms with E-state index in [2.05, 4.69) is 44.4 Å². The smallest absolute Gasteiger partial charge is 0.324 e. The molecule has 2 atom stereocenters. The molecule has 10 nitrogen and oxygen atoms in total. The zero-order chi connectivity index (χ0) is 22.8. The topological polar surface area (TPSA) is 104 Å². The quantitative estimate of drug-likeness (QED) is 0.481. The lowest BCUT2D eigenvalue weighted by molar-refractivity contribution is 0.281. The molecule has 1 aliphatic heterocycles. The molecule has 0 bridgehead atoms. The van der Waals surface area contributed by atoms with Crippen molar-refractivity contribution in [3.63, 3.8) is 0 Å². The van der Waals surface area contributed by atoms with E-state index in [-0.39, 0.29) is 0 Å². The molecule has 176 valence electrons. The highest BCUT2D eigenvalue weighted by atomic mass is 16.5. The van der Waals surface area contributed by atoms with Crippen molar-refractivity contribution in [1.82, 2.24) is 30.3 Å². The predicted molar refractivity (Wildman–Crippen MR) is 121 cm³/mol. The van der Waals surface area contributed by atoms with Crippen molar-refractivity contribution in [1.29, 1.82) is 0 Å². The van der Waals surface area contributed by atoms with Gasteiger partial charge >= 0.3 is 6.01 Å². The van der Waals surface area contributed by atoms with Crippen LogP contribution in [0.15, 0.2) is 29.0 Å². The van der Waals surface area contributed by atoms with E-state index in [1.807, 2.05) is 18.2 Å². The average molecular weight is 454 g/mol. The molecule has 2 aromatic heterocycles. The van der Waals surface area contributed by atoms with E-state index in [4.69, 9.17) is 14.0 Å². The van der Waals surface area contributed by atoms with Gasteiger partial charge in [0, 0.05) is 25.1 Å². The maximum Gasteiger partial charge on any atom is 0.324 e. The normalized spacial score (nSPS) is 20.9. The third kappa shape index (κ3) is 4.79. The van der Waals surface area contributed by atoms with Gasteiger partial charge in [0.2, 0.25) is 0 Å². The zero-order valence-electron chi connectivity index (χ0n) is 19.4. The molecule has 2 unspecified atom stereocenters. The molecule has 1 saturated carbocycles. The molecule has 1 aromatic carbocycles. The third-order valence-corrected chi connectivity index (χ3v) is 6.84. The van der Waals surface area contributed by atoms with Gasteiger partial charge in [-0.3, -0.25) is 0 Å². The summed E-state index contributed by atoms with van der Waals surface area (Å²) < 4.78 is 18.6. The van der Waals surface area contributed by atoms with Crippen molar-refractivity contribution in [3.8, 4) is 17.2 Å². The average Bonchev–Trinajstić information content (AvgIpc) is 3.21. The largest absolute Gasteiger partial charge is 0.494 e. The summed E-state index contributed by atoms with van der Waals surface area (Å²) in [7, 11) is 1.63. The Morgan fingerprint density at radius 3 is 2.76 bits per heavy atom. The van der Waals surface area contributed by atoms with Crippen molar-refractivity contribution in [3.05, 3.63) is 30.4 Å². The molecule has 0 spiro atoms. The van der Waals surface area contributed by atoms with Crippen LogP contribution >= 0.6 is 0 Å². The Morgan fingerprint density at radius 1 is 1.21 bits per heavy atom. The van der Waals surface area contributed by atoms with E-state index in [1.54, 1.807) is 18.1 Å². The predicted octanol–water partition coefficient (Wildman–Crippen LogP) is 3.50. The Hall–Kier alpha value is -3.17. The van der Waals surface area contributed by atoms with Crippen LogP contribution in [0.5, 0.6) is 11.5 Å². The first-order valence-corrected chi connectivity index (χ1v) is 11.7. The molecular weight excluding hydrogens is 422 g/mol. The Kier molecular flexibility index (Phi) is 6.15. The van der Waals surface area contributed by atoms with Gasteiger partial charge in [0.15, 0.2) is 5.82 Å². The van der Waals surface area contributed by atoms with Crippen LogP contribution in [-0.4, -0.2) is 57.2 Å². The molecule has 1 saturated heterocycles. The Bertz CT molecular complexity index is 1040. The fraction of sp³-hybridized carbons (Fsp3) is 0.609. The lowest BCUT2D eigenvalue weighted by atomic mass is 9.90. The van der Waals surface area contributed by atoms with Gasteiger partial charge in [-0.15, -0.1) is 5.10 Å². The second-order valence-electron chi connectivity index (χ2n) is 9.30. The van der Waals surface area contributed by atoms with Crippen molar-refractivity contribution in [2.24, 2.45) is 17.8 Å². The molecule has 33 heavy (non-hydrogen) atoms. The number of hydrogen-bond acceptors (Lipinski definition) is 9. The maximum atomic E-state index is 6.03. The molecule has 3 aromatic rings. The summed E-state index contributed by atoms with van der Waals surface area (Å²) in [5.74, 6) is 4.93. The molecule has 5 rings (SSSR count). The highest BCUT2D eigenvalue weighted by Crippen LogP contribution is 2.50. The second kappa shape index (κ2) is 9.36. The summed E-state index contributed by atoms with van der Waals surface area (Å²) in [6.07, 6.45) is 6.33. The number of anilines is 1. The summed E-state index contributed by atoms with van der Waals surface area (Å²) in [5.41, 5.74) is 0.782. The van der Waals surface area contributed by atoms with Crippen LogP contribution < -0.4 is 14.4 Å². The van der Waals surface area contributed by atoms with Crippen LogP contribution in [-0.2, 0) is 0 Å². The number of methoxy groups -OCH3 is 1. The molecule has 3 heterocycles. The number of ether oxygens (including phenoxy) is 2. The van der Waals surface area contributed by atoms with Gasteiger partial charge in [-0.2, -0.15) is 9.67 Å². The van der Waals surface area contributed by atoms with Gasteiger partial charge in [0.25, 0.3) is 0 Å². The Balaban J connectivity index is 1.06. The van der Waals surface area contributed by atoms with E-state index in [0.29, 0.717) is 24.3 Å². The molecule has 0 radical (unpaired) electrons. The minimum Gasteiger partial charge on any atom is -0.494 e.